The van der Waals surface area contributed by atoms with Crippen LogP contribution in [0.25, 0.3) is 0 Å². The summed E-state index contributed by atoms with van der Waals surface area (Å²) in [4.78, 5) is 39.8. The molecule has 1 aromatic heterocycles. The molecule has 1 saturated heterocycles. The number of rotatable bonds is 3. The molecule has 1 aliphatic rings. The van der Waals surface area contributed by atoms with Crippen molar-refractivity contribution in [3.8, 4) is 0 Å². The molecule has 1 aliphatic heterocycles. The van der Waals surface area contributed by atoms with Crippen molar-refractivity contribution < 1.29 is 32.3 Å². The lowest BCUT2D eigenvalue weighted by atomic mass is 9.92. The molecule has 0 aliphatic carbocycles. The van der Waals surface area contributed by atoms with E-state index in [-0.39, 0.29) is 12.1 Å². The van der Waals surface area contributed by atoms with E-state index in [1.54, 1.807) is 30.3 Å². The van der Waals surface area contributed by atoms with Crippen LogP contribution >= 0.6 is 0 Å². The first-order valence-electron chi connectivity index (χ1n) is 7.88. The zero-order valence-corrected chi connectivity index (χ0v) is 13.7. The summed E-state index contributed by atoms with van der Waals surface area (Å²) in [5.74, 6) is -4.28. The van der Waals surface area contributed by atoms with Crippen molar-refractivity contribution in [3.05, 3.63) is 59.9 Å². The number of esters is 1. The Morgan fingerprint density at radius 2 is 1.81 bits per heavy atom. The molecule has 0 radical (unpaired) electrons. The summed E-state index contributed by atoms with van der Waals surface area (Å²) in [5.41, 5.74) is -0.567. The standard InChI is InChI=1S/C18H13F3N2O4/c19-18(20,21)14-7-6-11(9-22-14)23-16(25)15-12(24)8-13(27-17(15)26)10-4-2-1-3-5-10/h1-7,9,13,15H,8H2,(H,23,25). The number of nitrogens with zero attached hydrogens (tertiary/aromatic N) is 1. The highest BCUT2D eigenvalue weighted by molar-refractivity contribution is 6.21. The number of alkyl halides is 3. The molecule has 0 saturated carbocycles. The van der Waals surface area contributed by atoms with Crippen LogP contribution in [-0.2, 0) is 25.3 Å². The van der Waals surface area contributed by atoms with Gasteiger partial charge < -0.3 is 10.1 Å². The maximum absolute atomic E-state index is 12.5. The summed E-state index contributed by atoms with van der Waals surface area (Å²) in [5, 5.41) is 2.22. The number of anilines is 1. The van der Waals surface area contributed by atoms with Gasteiger partial charge in [-0.25, -0.2) is 4.98 Å². The minimum absolute atomic E-state index is 0.0706. The summed E-state index contributed by atoms with van der Waals surface area (Å²) in [6, 6.07) is 10.3. The maximum atomic E-state index is 12.5. The van der Waals surface area contributed by atoms with E-state index in [0.717, 1.165) is 12.3 Å². The molecule has 1 amide bonds. The number of Topliss-reactive ketones (excluding diaryl/α,β-unsaturated/α-hetero) is 1. The smallest absolute Gasteiger partial charge is 0.433 e. The van der Waals surface area contributed by atoms with E-state index in [9.17, 15) is 27.6 Å². The molecule has 140 valence electrons. The number of halogens is 3. The topological polar surface area (TPSA) is 85.4 Å². The fraction of sp³-hybridized carbons (Fsp3) is 0.222. The second-order valence-corrected chi connectivity index (χ2v) is 5.86. The first-order valence-corrected chi connectivity index (χ1v) is 7.88. The van der Waals surface area contributed by atoms with Crippen molar-refractivity contribution in [2.45, 2.75) is 18.7 Å². The molecule has 1 fully saturated rings. The van der Waals surface area contributed by atoms with E-state index < -0.39 is 41.6 Å². The number of pyridine rings is 1. The van der Waals surface area contributed by atoms with Gasteiger partial charge in [0.15, 0.2) is 11.7 Å². The van der Waals surface area contributed by atoms with Crippen molar-refractivity contribution >= 4 is 23.3 Å². The first-order chi connectivity index (χ1) is 12.8. The zero-order valence-electron chi connectivity index (χ0n) is 13.7. The SMILES string of the molecule is O=C1CC(c2ccccc2)OC(=O)C1C(=O)Nc1ccc(C(F)(F)F)nc1. The van der Waals surface area contributed by atoms with Crippen molar-refractivity contribution in [1.29, 1.82) is 0 Å². The Bertz CT molecular complexity index is 848. The normalized spacial score (nSPS) is 20.1. The molecule has 3 rings (SSSR count). The van der Waals surface area contributed by atoms with Gasteiger partial charge in [0.25, 0.3) is 0 Å². The van der Waals surface area contributed by atoms with E-state index in [2.05, 4.69) is 10.3 Å². The third kappa shape index (κ3) is 4.13. The minimum atomic E-state index is -4.61. The number of ketones is 1. The lowest BCUT2D eigenvalue weighted by Gasteiger charge is -2.26. The number of aromatic nitrogens is 1. The van der Waals surface area contributed by atoms with Gasteiger partial charge >= 0.3 is 12.1 Å². The maximum Gasteiger partial charge on any atom is 0.433 e. The third-order valence-corrected chi connectivity index (χ3v) is 3.96. The van der Waals surface area contributed by atoms with E-state index in [0.29, 0.717) is 11.6 Å². The molecule has 2 aromatic rings. The van der Waals surface area contributed by atoms with Crippen LogP contribution in [0.5, 0.6) is 0 Å². The number of carbonyl (C=O) groups is 3. The average Bonchev–Trinajstić information content (AvgIpc) is 2.61. The van der Waals surface area contributed by atoms with Crippen LogP contribution in [0.3, 0.4) is 0 Å². The second kappa shape index (κ2) is 7.18. The monoisotopic (exact) mass is 378 g/mol. The summed E-state index contributed by atoms with van der Waals surface area (Å²) < 4.78 is 42.7. The van der Waals surface area contributed by atoms with Crippen molar-refractivity contribution in [2.24, 2.45) is 5.92 Å². The molecule has 0 bridgehead atoms. The van der Waals surface area contributed by atoms with Crippen LogP contribution in [0.4, 0.5) is 18.9 Å². The minimum Gasteiger partial charge on any atom is -0.456 e. The van der Waals surface area contributed by atoms with Gasteiger partial charge in [-0.15, -0.1) is 0 Å². The number of benzene rings is 1. The molecule has 27 heavy (non-hydrogen) atoms. The molecule has 2 heterocycles. The Morgan fingerprint density at radius 3 is 2.37 bits per heavy atom. The van der Waals surface area contributed by atoms with Crippen molar-refractivity contribution in [3.63, 3.8) is 0 Å². The van der Waals surface area contributed by atoms with Gasteiger partial charge in [-0.2, -0.15) is 13.2 Å². The molecule has 0 spiro atoms. The van der Waals surface area contributed by atoms with E-state index in [1.165, 1.54) is 0 Å². The van der Waals surface area contributed by atoms with Gasteiger partial charge in [-0.05, 0) is 17.7 Å². The number of hydrogen-bond donors (Lipinski definition) is 1. The number of ether oxygens (including phenoxy) is 1. The highest BCUT2D eigenvalue weighted by Crippen LogP contribution is 2.30. The Hall–Kier alpha value is -3.23. The van der Waals surface area contributed by atoms with Gasteiger partial charge in [-0.3, -0.25) is 14.4 Å². The van der Waals surface area contributed by atoms with Crippen LogP contribution in [0.2, 0.25) is 0 Å². The highest BCUT2D eigenvalue weighted by Gasteiger charge is 2.42. The predicted octanol–water partition coefficient (Wildman–Crippen LogP) is 2.91. The third-order valence-electron chi connectivity index (χ3n) is 3.96. The Labute approximate surface area is 151 Å². The number of carbonyl (C=O) groups excluding carboxylic acids is 3. The quantitative estimate of drug-likeness (QED) is 0.656. The summed E-state index contributed by atoms with van der Waals surface area (Å²) >= 11 is 0. The number of nitrogens with one attached hydrogen (secondary N) is 1. The lowest BCUT2D eigenvalue weighted by Crippen LogP contribution is -2.42. The van der Waals surface area contributed by atoms with Crippen LogP contribution in [0.1, 0.15) is 23.8 Å². The number of hydrogen-bond acceptors (Lipinski definition) is 5. The summed E-state index contributed by atoms with van der Waals surface area (Å²) in [6.07, 6.45) is -4.76. The van der Waals surface area contributed by atoms with Crippen LogP contribution < -0.4 is 5.32 Å². The van der Waals surface area contributed by atoms with Gasteiger partial charge in [0, 0.05) is 6.42 Å². The molecule has 2 atom stereocenters. The Kier molecular flexibility index (Phi) is 4.93. The first kappa shape index (κ1) is 18.6. The predicted molar refractivity (Wildman–Crippen MR) is 86.3 cm³/mol. The summed E-state index contributed by atoms with van der Waals surface area (Å²) in [6.45, 7) is 0. The van der Waals surface area contributed by atoms with Crippen LogP contribution in [0.15, 0.2) is 48.7 Å². The number of amides is 1. The largest absolute Gasteiger partial charge is 0.456 e. The fourth-order valence-electron chi connectivity index (χ4n) is 2.64. The van der Waals surface area contributed by atoms with E-state index >= 15 is 0 Å². The van der Waals surface area contributed by atoms with Gasteiger partial charge in [-0.1, -0.05) is 30.3 Å². The number of cyclic esters (lactones) is 1. The van der Waals surface area contributed by atoms with Crippen LogP contribution in [0, 0.1) is 5.92 Å². The average molecular weight is 378 g/mol. The van der Waals surface area contributed by atoms with E-state index in [4.69, 9.17) is 4.74 Å². The Morgan fingerprint density at radius 1 is 1.11 bits per heavy atom. The second-order valence-electron chi connectivity index (χ2n) is 5.86. The molecule has 9 heteroatoms. The van der Waals surface area contributed by atoms with Crippen molar-refractivity contribution in [2.75, 3.05) is 5.32 Å². The van der Waals surface area contributed by atoms with Crippen LogP contribution in [-0.4, -0.2) is 22.6 Å². The molecule has 6 nitrogen and oxygen atoms in total. The van der Waals surface area contributed by atoms with Crippen molar-refractivity contribution in [1.82, 2.24) is 4.98 Å². The fourth-order valence-corrected chi connectivity index (χ4v) is 2.64. The zero-order chi connectivity index (χ0) is 19.6. The van der Waals surface area contributed by atoms with Gasteiger partial charge in [0.05, 0.1) is 11.9 Å². The van der Waals surface area contributed by atoms with Gasteiger partial charge in [0.2, 0.25) is 5.91 Å². The molecule has 2 unspecified atom stereocenters. The van der Waals surface area contributed by atoms with Gasteiger partial charge in [0.1, 0.15) is 11.8 Å². The molecule has 1 aromatic carbocycles. The lowest BCUT2D eigenvalue weighted by molar-refractivity contribution is -0.166. The van der Waals surface area contributed by atoms with E-state index in [1.807, 2.05) is 0 Å². The highest BCUT2D eigenvalue weighted by atomic mass is 19.4. The molecular weight excluding hydrogens is 365 g/mol. The summed E-state index contributed by atoms with van der Waals surface area (Å²) in [7, 11) is 0. The Balaban J connectivity index is 1.68. The molecular formula is C18H13F3N2O4. The molecule has 1 N–H and O–H groups in total.